The van der Waals surface area contributed by atoms with Crippen LogP contribution in [-0.2, 0) is 16.1 Å². The number of benzene rings is 2. The van der Waals surface area contributed by atoms with Crippen molar-refractivity contribution >= 4 is 17.7 Å². The molecular formula is C16H13NO4. The summed E-state index contributed by atoms with van der Waals surface area (Å²) in [5.41, 5.74) is 1.95. The highest BCUT2D eigenvalue weighted by Crippen LogP contribution is 2.18. The standard InChI is InChI=1S/C16H13NO4/c1-20-16(19)13-4-2-12(3-5-13)10-21-15-8-6-14(7-9-15)17-11-18/h2-9H,10H2,1H3. The van der Waals surface area contributed by atoms with Crippen LogP contribution in [0.1, 0.15) is 15.9 Å². The Kier molecular flexibility index (Phi) is 4.85. The van der Waals surface area contributed by atoms with Crippen LogP contribution in [0.4, 0.5) is 5.69 Å². The quantitative estimate of drug-likeness (QED) is 0.480. The molecule has 0 saturated heterocycles. The molecule has 0 aliphatic carbocycles. The molecule has 0 radical (unpaired) electrons. The summed E-state index contributed by atoms with van der Waals surface area (Å²) < 4.78 is 10.2. The molecule has 106 valence electrons. The lowest BCUT2D eigenvalue weighted by Gasteiger charge is -2.07. The molecule has 2 aromatic carbocycles. The van der Waals surface area contributed by atoms with Gasteiger partial charge in [0.15, 0.2) is 0 Å². The van der Waals surface area contributed by atoms with Gasteiger partial charge in [0.25, 0.3) is 0 Å². The van der Waals surface area contributed by atoms with E-state index in [1.54, 1.807) is 48.5 Å². The second-order valence-corrected chi connectivity index (χ2v) is 4.17. The fourth-order valence-electron chi connectivity index (χ4n) is 1.69. The molecule has 2 aromatic rings. The van der Waals surface area contributed by atoms with Crippen LogP contribution >= 0.6 is 0 Å². The van der Waals surface area contributed by atoms with E-state index in [2.05, 4.69) is 9.73 Å². The predicted octanol–water partition coefficient (Wildman–Crippen LogP) is 3.02. The predicted molar refractivity (Wildman–Crippen MR) is 76.3 cm³/mol. The van der Waals surface area contributed by atoms with Crippen molar-refractivity contribution in [1.82, 2.24) is 0 Å². The minimum absolute atomic E-state index is 0.367. The molecule has 0 aliphatic rings. The number of aliphatic imine (C=N–C) groups is 1. The fourth-order valence-corrected chi connectivity index (χ4v) is 1.69. The zero-order valence-electron chi connectivity index (χ0n) is 11.4. The first-order chi connectivity index (χ1) is 10.2. The Balaban J connectivity index is 1.96. The van der Waals surface area contributed by atoms with Crippen molar-refractivity contribution in [3.63, 3.8) is 0 Å². The number of isocyanates is 1. The van der Waals surface area contributed by atoms with Crippen LogP contribution in [0, 0.1) is 0 Å². The van der Waals surface area contributed by atoms with E-state index in [4.69, 9.17) is 4.74 Å². The van der Waals surface area contributed by atoms with Crippen molar-refractivity contribution in [1.29, 1.82) is 0 Å². The molecule has 0 saturated carbocycles. The monoisotopic (exact) mass is 283 g/mol. The number of carbonyl (C=O) groups is 1. The van der Waals surface area contributed by atoms with Gasteiger partial charge < -0.3 is 9.47 Å². The minimum Gasteiger partial charge on any atom is -0.489 e. The third-order valence-corrected chi connectivity index (χ3v) is 2.79. The third kappa shape index (κ3) is 4.03. The molecule has 0 N–H and O–H groups in total. The van der Waals surface area contributed by atoms with E-state index >= 15 is 0 Å². The number of hydrogen-bond acceptors (Lipinski definition) is 5. The van der Waals surface area contributed by atoms with Crippen molar-refractivity contribution in [2.45, 2.75) is 6.61 Å². The first-order valence-corrected chi connectivity index (χ1v) is 6.21. The lowest BCUT2D eigenvalue weighted by molar-refractivity contribution is 0.0600. The maximum absolute atomic E-state index is 11.3. The highest BCUT2D eigenvalue weighted by atomic mass is 16.5. The number of ether oxygens (including phenoxy) is 2. The Morgan fingerprint density at radius 1 is 1.10 bits per heavy atom. The van der Waals surface area contributed by atoms with Crippen LogP contribution in [0.2, 0.25) is 0 Å². The topological polar surface area (TPSA) is 65.0 Å². The van der Waals surface area contributed by atoms with E-state index in [1.165, 1.54) is 13.2 Å². The lowest BCUT2D eigenvalue weighted by Crippen LogP contribution is -2.01. The Morgan fingerprint density at radius 3 is 2.33 bits per heavy atom. The Bertz CT molecular complexity index is 656. The van der Waals surface area contributed by atoms with Gasteiger partial charge >= 0.3 is 5.97 Å². The molecule has 2 rings (SSSR count). The van der Waals surface area contributed by atoms with Gasteiger partial charge in [-0.2, -0.15) is 4.99 Å². The molecule has 0 bridgehead atoms. The van der Waals surface area contributed by atoms with Crippen molar-refractivity contribution in [3.8, 4) is 5.75 Å². The molecule has 0 heterocycles. The van der Waals surface area contributed by atoms with Gasteiger partial charge in [-0.1, -0.05) is 12.1 Å². The second-order valence-electron chi connectivity index (χ2n) is 4.17. The van der Waals surface area contributed by atoms with Gasteiger partial charge in [0.2, 0.25) is 6.08 Å². The zero-order valence-corrected chi connectivity index (χ0v) is 11.4. The molecule has 0 atom stereocenters. The summed E-state index contributed by atoms with van der Waals surface area (Å²) in [4.78, 5) is 24.9. The van der Waals surface area contributed by atoms with Crippen LogP contribution in [0.3, 0.4) is 0 Å². The summed E-state index contributed by atoms with van der Waals surface area (Å²) in [7, 11) is 1.34. The smallest absolute Gasteiger partial charge is 0.337 e. The molecule has 5 heteroatoms. The molecule has 21 heavy (non-hydrogen) atoms. The average molecular weight is 283 g/mol. The summed E-state index contributed by atoms with van der Waals surface area (Å²) in [6.07, 6.45) is 1.48. The number of hydrogen-bond donors (Lipinski definition) is 0. The highest BCUT2D eigenvalue weighted by Gasteiger charge is 2.04. The first kappa shape index (κ1) is 14.5. The SMILES string of the molecule is COC(=O)c1ccc(COc2ccc(N=C=O)cc2)cc1. The molecule has 0 aliphatic heterocycles. The van der Waals surface area contributed by atoms with Crippen molar-refractivity contribution in [3.05, 3.63) is 59.7 Å². The second kappa shape index (κ2) is 7.03. The largest absolute Gasteiger partial charge is 0.489 e. The number of nitrogens with zero attached hydrogens (tertiary/aromatic N) is 1. The van der Waals surface area contributed by atoms with Crippen LogP contribution in [-0.4, -0.2) is 19.2 Å². The molecule has 0 spiro atoms. The summed E-state index contributed by atoms with van der Waals surface area (Å²) in [5.74, 6) is 0.297. The Hall–Kier alpha value is -2.91. The third-order valence-electron chi connectivity index (χ3n) is 2.79. The number of esters is 1. The molecule has 0 unspecified atom stereocenters. The van der Waals surface area contributed by atoms with Gasteiger partial charge in [-0.3, -0.25) is 0 Å². The summed E-state index contributed by atoms with van der Waals surface area (Å²) in [6.45, 7) is 0.373. The zero-order chi connectivity index (χ0) is 15.1. The van der Waals surface area contributed by atoms with Crippen molar-refractivity contribution in [2.24, 2.45) is 4.99 Å². The van der Waals surface area contributed by atoms with Crippen LogP contribution in [0.25, 0.3) is 0 Å². The lowest BCUT2D eigenvalue weighted by atomic mass is 10.1. The maximum atomic E-state index is 11.3. The van der Waals surface area contributed by atoms with E-state index < -0.39 is 0 Å². The summed E-state index contributed by atoms with van der Waals surface area (Å²) in [5, 5.41) is 0. The van der Waals surface area contributed by atoms with Gasteiger partial charge in [0.1, 0.15) is 12.4 Å². The highest BCUT2D eigenvalue weighted by molar-refractivity contribution is 5.89. The van der Waals surface area contributed by atoms with E-state index in [9.17, 15) is 9.59 Å². The van der Waals surface area contributed by atoms with Crippen LogP contribution in [0.15, 0.2) is 53.5 Å². The summed E-state index contributed by atoms with van der Waals surface area (Å²) >= 11 is 0. The molecule has 0 amide bonds. The Labute approximate surface area is 121 Å². The molecule has 0 aromatic heterocycles. The molecule has 5 nitrogen and oxygen atoms in total. The van der Waals surface area contributed by atoms with Crippen LogP contribution in [0.5, 0.6) is 5.75 Å². The van der Waals surface area contributed by atoms with E-state index in [0.717, 1.165) is 5.56 Å². The van der Waals surface area contributed by atoms with Gasteiger partial charge in [-0.05, 0) is 42.0 Å². The van der Waals surface area contributed by atoms with Gasteiger partial charge in [-0.15, -0.1) is 0 Å². The van der Waals surface area contributed by atoms with E-state index in [-0.39, 0.29) is 5.97 Å². The van der Waals surface area contributed by atoms with Gasteiger partial charge in [-0.25, -0.2) is 9.59 Å². The summed E-state index contributed by atoms with van der Waals surface area (Å²) in [6, 6.07) is 13.8. The number of carbonyl (C=O) groups excluding carboxylic acids is 2. The van der Waals surface area contributed by atoms with Gasteiger partial charge in [0.05, 0.1) is 18.4 Å². The Morgan fingerprint density at radius 2 is 1.76 bits per heavy atom. The van der Waals surface area contributed by atoms with E-state index in [1.807, 2.05) is 0 Å². The van der Waals surface area contributed by atoms with Crippen molar-refractivity contribution in [2.75, 3.05) is 7.11 Å². The fraction of sp³-hybridized carbons (Fsp3) is 0.125. The average Bonchev–Trinajstić information content (AvgIpc) is 2.54. The minimum atomic E-state index is -0.367. The molecule has 0 fully saturated rings. The molecular weight excluding hydrogens is 270 g/mol. The van der Waals surface area contributed by atoms with Crippen molar-refractivity contribution < 1.29 is 19.1 Å². The maximum Gasteiger partial charge on any atom is 0.337 e. The number of methoxy groups -OCH3 is 1. The van der Waals surface area contributed by atoms with E-state index in [0.29, 0.717) is 23.6 Å². The normalized spacial score (nSPS) is 9.57. The van der Waals surface area contributed by atoms with Crippen LogP contribution < -0.4 is 4.74 Å². The number of rotatable bonds is 5. The first-order valence-electron chi connectivity index (χ1n) is 6.21. The van der Waals surface area contributed by atoms with Gasteiger partial charge in [0, 0.05) is 0 Å².